The molecule has 1 unspecified atom stereocenters. The molecule has 16 heavy (non-hydrogen) atoms. The fraction of sp³-hybridized carbons (Fsp3) is 0.400. The minimum atomic E-state index is -4.44. The number of hydrogen-bond donors (Lipinski definition) is 1. The Hall–Kier alpha value is -0.590. The zero-order valence-electron chi connectivity index (χ0n) is 8.38. The molecular formula is C10H10BrF3O2. The van der Waals surface area contributed by atoms with Crippen molar-refractivity contribution in [2.75, 3.05) is 13.7 Å². The van der Waals surface area contributed by atoms with Crippen LogP contribution in [-0.2, 0) is 10.9 Å². The van der Waals surface area contributed by atoms with Gasteiger partial charge in [0.15, 0.2) is 0 Å². The van der Waals surface area contributed by atoms with Gasteiger partial charge in [0.25, 0.3) is 0 Å². The summed E-state index contributed by atoms with van der Waals surface area (Å²) in [6.45, 7) is -0.0427. The lowest BCUT2D eigenvalue weighted by Crippen LogP contribution is -2.10. The van der Waals surface area contributed by atoms with Crippen molar-refractivity contribution in [1.82, 2.24) is 0 Å². The maximum Gasteiger partial charge on any atom is 0.417 e. The molecule has 1 rings (SSSR count). The van der Waals surface area contributed by atoms with Gasteiger partial charge < -0.3 is 9.84 Å². The van der Waals surface area contributed by atoms with Crippen molar-refractivity contribution in [3.05, 3.63) is 33.8 Å². The maximum absolute atomic E-state index is 12.5. The summed E-state index contributed by atoms with van der Waals surface area (Å²) in [5, 5.41) is 9.49. The Morgan fingerprint density at radius 3 is 2.56 bits per heavy atom. The molecule has 1 aromatic rings. The van der Waals surface area contributed by atoms with Crippen molar-refractivity contribution >= 4 is 15.9 Å². The van der Waals surface area contributed by atoms with Crippen molar-refractivity contribution in [1.29, 1.82) is 0 Å². The molecule has 0 heterocycles. The Morgan fingerprint density at radius 2 is 2.06 bits per heavy atom. The summed E-state index contributed by atoms with van der Waals surface area (Å²) >= 11 is 2.82. The van der Waals surface area contributed by atoms with E-state index >= 15 is 0 Å². The Kier molecular flexibility index (Phi) is 4.35. The molecule has 90 valence electrons. The van der Waals surface area contributed by atoms with Crippen molar-refractivity contribution < 1.29 is 23.0 Å². The Labute approximate surface area is 99.2 Å². The standard InChI is InChI=1S/C10H10BrF3O2/c1-16-5-9(15)6-2-3-8(11)7(4-6)10(12,13)14/h2-4,9,15H,5H2,1H3. The Morgan fingerprint density at radius 1 is 1.44 bits per heavy atom. The molecule has 0 spiro atoms. The number of alkyl halides is 3. The largest absolute Gasteiger partial charge is 0.417 e. The number of rotatable bonds is 3. The number of aliphatic hydroxyl groups is 1. The minimum absolute atomic E-state index is 0.0427. The summed E-state index contributed by atoms with van der Waals surface area (Å²) in [6.07, 6.45) is -5.50. The van der Waals surface area contributed by atoms with Crippen molar-refractivity contribution in [2.24, 2.45) is 0 Å². The molecule has 1 atom stereocenters. The van der Waals surface area contributed by atoms with Gasteiger partial charge in [-0.1, -0.05) is 22.0 Å². The highest BCUT2D eigenvalue weighted by atomic mass is 79.9. The number of ether oxygens (including phenoxy) is 1. The second-order valence-corrected chi connectivity index (χ2v) is 4.06. The van der Waals surface area contributed by atoms with Crippen LogP contribution in [0.1, 0.15) is 17.2 Å². The first kappa shape index (κ1) is 13.5. The van der Waals surface area contributed by atoms with Gasteiger partial charge in [-0.25, -0.2) is 0 Å². The van der Waals surface area contributed by atoms with Crippen LogP contribution in [0.15, 0.2) is 22.7 Å². The maximum atomic E-state index is 12.5. The lowest BCUT2D eigenvalue weighted by molar-refractivity contribution is -0.138. The third-order valence-corrected chi connectivity index (χ3v) is 2.70. The zero-order chi connectivity index (χ0) is 12.3. The molecule has 0 saturated heterocycles. The molecule has 0 aromatic heterocycles. The van der Waals surface area contributed by atoms with E-state index in [1.54, 1.807) is 0 Å². The monoisotopic (exact) mass is 298 g/mol. The van der Waals surface area contributed by atoms with Gasteiger partial charge in [0, 0.05) is 11.6 Å². The molecule has 6 heteroatoms. The third-order valence-electron chi connectivity index (χ3n) is 2.01. The second kappa shape index (κ2) is 5.16. The molecule has 2 nitrogen and oxygen atoms in total. The molecular weight excluding hydrogens is 289 g/mol. The second-order valence-electron chi connectivity index (χ2n) is 3.21. The van der Waals surface area contributed by atoms with Gasteiger partial charge in [0.2, 0.25) is 0 Å². The van der Waals surface area contributed by atoms with Gasteiger partial charge in [-0.15, -0.1) is 0 Å². The highest BCUT2D eigenvalue weighted by Crippen LogP contribution is 2.36. The fourth-order valence-electron chi connectivity index (χ4n) is 1.22. The topological polar surface area (TPSA) is 29.5 Å². The molecule has 1 aromatic carbocycles. The van der Waals surface area contributed by atoms with Crippen molar-refractivity contribution in [3.63, 3.8) is 0 Å². The van der Waals surface area contributed by atoms with Crippen LogP contribution in [-0.4, -0.2) is 18.8 Å². The van der Waals surface area contributed by atoms with Gasteiger partial charge in [0.05, 0.1) is 12.2 Å². The third kappa shape index (κ3) is 3.20. The number of methoxy groups -OCH3 is 1. The van der Waals surface area contributed by atoms with Crippen LogP contribution >= 0.6 is 15.9 Å². The SMILES string of the molecule is COCC(O)c1ccc(Br)c(C(F)(F)F)c1. The van der Waals surface area contributed by atoms with Crippen LogP contribution in [0.3, 0.4) is 0 Å². The van der Waals surface area contributed by atoms with Crippen LogP contribution in [0.4, 0.5) is 13.2 Å². The van der Waals surface area contributed by atoms with E-state index in [0.717, 1.165) is 6.07 Å². The quantitative estimate of drug-likeness (QED) is 0.929. The van der Waals surface area contributed by atoms with E-state index < -0.39 is 17.8 Å². The van der Waals surface area contributed by atoms with Gasteiger partial charge in [0.1, 0.15) is 6.10 Å². The molecule has 0 bridgehead atoms. The number of benzene rings is 1. The fourth-order valence-corrected chi connectivity index (χ4v) is 1.69. The first-order valence-electron chi connectivity index (χ1n) is 4.40. The van der Waals surface area contributed by atoms with E-state index in [1.807, 2.05) is 0 Å². The predicted molar refractivity (Wildman–Crippen MR) is 56.0 cm³/mol. The van der Waals surface area contributed by atoms with Gasteiger partial charge in [-0.2, -0.15) is 13.2 Å². The Balaban J connectivity index is 3.07. The summed E-state index contributed by atoms with van der Waals surface area (Å²) < 4.78 is 42.2. The van der Waals surface area contributed by atoms with Crippen LogP contribution in [0.2, 0.25) is 0 Å². The summed E-state index contributed by atoms with van der Waals surface area (Å²) in [4.78, 5) is 0. The predicted octanol–water partition coefficient (Wildman–Crippen LogP) is 3.15. The normalized spacial score (nSPS) is 13.9. The van der Waals surface area contributed by atoms with Crippen LogP contribution < -0.4 is 0 Å². The van der Waals surface area contributed by atoms with Crippen LogP contribution in [0, 0.1) is 0 Å². The zero-order valence-corrected chi connectivity index (χ0v) is 9.97. The molecule has 0 amide bonds. The molecule has 0 radical (unpaired) electrons. The summed E-state index contributed by atoms with van der Waals surface area (Å²) in [6, 6.07) is 3.59. The highest BCUT2D eigenvalue weighted by Gasteiger charge is 2.33. The van der Waals surface area contributed by atoms with Crippen LogP contribution in [0.5, 0.6) is 0 Å². The molecule has 0 aliphatic rings. The van der Waals surface area contributed by atoms with E-state index in [2.05, 4.69) is 20.7 Å². The molecule has 0 saturated carbocycles. The Bertz CT molecular complexity index is 366. The number of hydrogen-bond acceptors (Lipinski definition) is 2. The van der Waals surface area contributed by atoms with Crippen LogP contribution in [0.25, 0.3) is 0 Å². The van der Waals surface area contributed by atoms with Gasteiger partial charge >= 0.3 is 6.18 Å². The van der Waals surface area contributed by atoms with E-state index in [-0.39, 0.29) is 16.6 Å². The summed E-state index contributed by atoms with van der Waals surface area (Å²) in [5.41, 5.74) is -0.627. The smallest absolute Gasteiger partial charge is 0.386 e. The van der Waals surface area contributed by atoms with E-state index in [1.165, 1.54) is 19.2 Å². The minimum Gasteiger partial charge on any atom is -0.386 e. The van der Waals surface area contributed by atoms with E-state index in [9.17, 15) is 18.3 Å². The summed E-state index contributed by atoms with van der Waals surface area (Å²) in [5.74, 6) is 0. The molecule has 1 N–H and O–H groups in total. The molecule has 0 fully saturated rings. The molecule has 0 aliphatic carbocycles. The lowest BCUT2D eigenvalue weighted by Gasteiger charge is -2.14. The average molecular weight is 299 g/mol. The van der Waals surface area contributed by atoms with E-state index in [0.29, 0.717) is 0 Å². The number of aliphatic hydroxyl groups excluding tert-OH is 1. The average Bonchev–Trinajstić information content (AvgIpc) is 2.16. The molecule has 0 aliphatic heterocycles. The lowest BCUT2D eigenvalue weighted by atomic mass is 10.1. The van der Waals surface area contributed by atoms with Crippen molar-refractivity contribution in [3.8, 4) is 0 Å². The van der Waals surface area contributed by atoms with E-state index in [4.69, 9.17) is 0 Å². The highest BCUT2D eigenvalue weighted by molar-refractivity contribution is 9.10. The number of halogens is 4. The van der Waals surface area contributed by atoms with Crippen molar-refractivity contribution in [2.45, 2.75) is 12.3 Å². The first-order chi connectivity index (χ1) is 7.36. The van der Waals surface area contributed by atoms with Gasteiger partial charge in [-0.05, 0) is 17.7 Å². The summed E-state index contributed by atoms with van der Waals surface area (Å²) in [7, 11) is 1.37. The first-order valence-corrected chi connectivity index (χ1v) is 5.19. The van der Waals surface area contributed by atoms with Gasteiger partial charge in [-0.3, -0.25) is 0 Å².